The topological polar surface area (TPSA) is 47.3 Å². The number of nitrogens with one attached hydrogen (secondary N) is 1. The van der Waals surface area contributed by atoms with Crippen molar-refractivity contribution in [1.82, 2.24) is 0 Å². The Morgan fingerprint density at radius 2 is 2.07 bits per heavy atom. The lowest BCUT2D eigenvalue weighted by Crippen LogP contribution is -2.21. The number of hydrogen-bond acceptors (Lipinski definition) is 3. The van der Waals surface area contributed by atoms with Crippen LogP contribution in [-0.2, 0) is 5.41 Å². The monoisotopic (exact) mass is 206 g/mol. The highest BCUT2D eigenvalue weighted by Crippen LogP contribution is 2.37. The molecule has 0 fully saturated rings. The van der Waals surface area contributed by atoms with Crippen molar-refractivity contribution in [2.75, 3.05) is 24.2 Å². The highest BCUT2D eigenvalue weighted by Gasteiger charge is 2.20. The van der Waals surface area contributed by atoms with Gasteiger partial charge in [0.2, 0.25) is 0 Å². The molecule has 0 aliphatic carbocycles. The molecule has 3 heteroatoms. The third-order valence-electron chi connectivity index (χ3n) is 2.66. The maximum atomic E-state index is 6.00. The minimum Gasteiger partial charge on any atom is -0.489 e. The number of nitrogens with two attached hydrogens (primary N) is 1. The molecular formula is C12H18N2O. The molecule has 1 aliphatic heterocycles. The second-order valence-corrected chi connectivity index (χ2v) is 4.96. The predicted octanol–water partition coefficient (Wildman–Crippen LogP) is 2.37. The molecule has 15 heavy (non-hydrogen) atoms. The molecule has 0 atom stereocenters. The van der Waals surface area contributed by atoms with Gasteiger partial charge < -0.3 is 15.8 Å². The first kappa shape index (κ1) is 10.1. The van der Waals surface area contributed by atoms with Gasteiger partial charge in [-0.2, -0.15) is 0 Å². The third-order valence-corrected chi connectivity index (χ3v) is 2.66. The van der Waals surface area contributed by atoms with Crippen LogP contribution in [0.3, 0.4) is 0 Å². The zero-order valence-corrected chi connectivity index (χ0v) is 9.55. The summed E-state index contributed by atoms with van der Waals surface area (Å²) in [5, 5.41) is 3.26. The molecule has 0 saturated heterocycles. The Morgan fingerprint density at radius 1 is 1.33 bits per heavy atom. The molecule has 0 bridgehead atoms. The van der Waals surface area contributed by atoms with E-state index >= 15 is 0 Å². The Morgan fingerprint density at radius 3 is 2.73 bits per heavy atom. The van der Waals surface area contributed by atoms with Gasteiger partial charge in [0, 0.05) is 6.54 Å². The van der Waals surface area contributed by atoms with Gasteiger partial charge in [0.25, 0.3) is 0 Å². The summed E-state index contributed by atoms with van der Waals surface area (Å²) in [6.07, 6.45) is 0. The lowest BCUT2D eigenvalue weighted by Gasteiger charge is -2.25. The number of hydrogen-bond donors (Lipinski definition) is 2. The maximum absolute atomic E-state index is 6.00. The van der Waals surface area contributed by atoms with Crippen molar-refractivity contribution in [2.45, 2.75) is 26.2 Å². The molecule has 2 rings (SSSR count). The van der Waals surface area contributed by atoms with Crippen molar-refractivity contribution in [3.05, 3.63) is 17.7 Å². The standard InChI is InChI=1S/C12H18N2O/c1-12(2,3)8-6-9(13)11-10(7-8)15-5-4-14-11/h6-7,14H,4-5,13H2,1-3H3. The highest BCUT2D eigenvalue weighted by atomic mass is 16.5. The highest BCUT2D eigenvalue weighted by molar-refractivity contribution is 5.75. The van der Waals surface area contributed by atoms with Crippen LogP contribution in [0.15, 0.2) is 12.1 Å². The smallest absolute Gasteiger partial charge is 0.144 e. The minimum absolute atomic E-state index is 0.101. The van der Waals surface area contributed by atoms with Crippen LogP contribution in [0.2, 0.25) is 0 Å². The van der Waals surface area contributed by atoms with E-state index in [-0.39, 0.29) is 5.41 Å². The molecule has 1 aliphatic rings. The molecule has 0 radical (unpaired) electrons. The number of anilines is 2. The number of benzene rings is 1. The van der Waals surface area contributed by atoms with Crippen LogP contribution < -0.4 is 15.8 Å². The molecule has 1 heterocycles. The summed E-state index contributed by atoms with van der Waals surface area (Å²) in [4.78, 5) is 0. The van der Waals surface area contributed by atoms with Gasteiger partial charge in [-0.15, -0.1) is 0 Å². The Labute approximate surface area is 90.6 Å². The van der Waals surface area contributed by atoms with Crippen LogP contribution in [0.25, 0.3) is 0 Å². The van der Waals surface area contributed by atoms with E-state index in [4.69, 9.17) is 10.5 Å². The van der Waals surface area contributed by atoms with Crippen LogP contribution in [-0.4, -0.2) is 13.2 Å². The Kier molecular flexibility index (Phi) is 2.25. The summed E-state index contributed by atoms with van der Waals surface area (Å²) < 4.78 is 5.60. The first-order valence-corrected chi connectivity index (χ1v) is 5.29. The second-order valence-electron chi connectivity index (χ2n) is 4.96. The summed E-state index contributed by atoms with van der Waals surface area (Å²) in [7, 11) is 0. The second kappa shape index (κ2) is 3.33. The predicted molar refractivity (Wildman–Crippen MR) is 63.5 cm³/mol. The van der Waals surface area contributed by atoms with Crippen molar-refractivity contribution in [2.24, 2.45) is 0 Å². The van der Waals surface area contributed by atoms with Crippen LogP contribution in [0.4, 0.5) is 11.4 Å². The van der Waals surface area contributed by atoms with Crippen LogP contribution in [0, 0.1) is 0 Å². The van der Waals surface area contributed by atoms with E-state index in [1.54, 1.807) is 0 Å². The fourth-order valence-corrected chi connectivity index (χ4v) is 1.71. The molecule has 0 spiro atoms. The first-order chi connectivity index (χ1) is 6.98. The van der Waals surface area contributed by atoms with Gasteiger partial charge in [0.05, 0.1) is 5.69 Å². The average Bonchev–Trinajstić information content (AvgIpc) is 2.16. The molecule has 3 nitrogen and oxygen atoms in total. The van der Waals surface area contributed by atoms with Crippen molar-refractivity contribution in [1.29, 1.82) is 0 Å². The number of ether oxygens (including phenoxy) is 1. The number of fused-ring (bicyclic) bond motifs is 1. The molecule has 1 aromatic rings. The summed E-state index contributed by atoms with van der Waals surface area (Å²) >= 11 is 0. The Balaban J connectivity index is 2.50. The van der Waals surface area contributed by atoms with Gasteiger partial charge in [-0.1, -0.05) is 20.8 Å². The fraction of sp³-hybridized carbons (Fsp3) is 0.500. The van der Waals surface area contributed by atoms with Crippen LogP contribution in [0.5, 0.6) is 5.75 Å². The zero-order valence-electron chi connectivity index (χ0n) is 9.55. The molecule has 1 aromatic carbocycles. The Hall–Kier alpha value is -1.38. The van der Waals surface area contributed by atoms with Gasteiger partial charge in [-0.3, -0.25) is 0 Å². The molecule has 82 valence electrons. The van der Waals surface area contributed by atoms with E-state index in [1.807, 2.05) is 6.07 Å². The summed E-state index contributed by atoms with van der Waals surface area (Å²) in [5.74, 6) is 0.881. The lowest BCUT2D eigenvalue weighted by atomic mass is 9.86. The first-order valence-electron chi connectivity index (χ1n) is 5.29. The van der Waals surface area contributed by atoms with Gasteiger partial charge in [0.1, 0.15) is 18.0 Å². The molecule has 0 saturated carbocycles. The van der Waals surface area contributed by atoms with Crippen LogP contribution >= 0.6 is 0 Å². The summed E-state index contributed by atoms with van der Waals surface area (Å²) in [6, 6.07) is 4.11. The molecule has 0 unspecified atom stereocenters. The van der Waals surface area contributed by atoms with E-state index in [0.29, 0.717) is 6.61 Å². The van der Waals surface area contributed by atoms with Crippen LogP contribution in [0.1, 0.15) is 26.3 Å². The van der Waals surface area contributed by atoms with Crippen molar-refractivity contribution in [3.63, 3.8) is 0 Å². The van der Waals surface area contributed by atoms with E-state index in [0.717, 1.165) is 23.7 Å². The van der Waals surface area contributed by atoms with E-state index in [2.05, 4.69) is 32.2 Å². The molecular weight excluding hydrogens is 188 g/mol. The van der Waals surface area contributed by atoms with Gasteiger partial charge in [-0.05, 0) is 23.1 Å². The SMILES string of the molecule is CC(C)(C)c1cc(N)c2c(c1)OCCN2. The van der Waals surface area contributed by atoms with E-state index < -0.39 is 0 Å². The van der Waals surface area contributed by atoms with Crippen molar-refractivity contribution in [3.8, 4) is 5.75 Å². The minimum atomic E-state index is 0.101. The van der Waals surface area contributed by atoms with Gasteiger partial charge in [-0.25, -0.2) is 0 Å². The molecule has 0 amide bonds. The molecule has 0 aromatic heterocycles. The zero-order chi connectivity index (χ0) is 11.1. The van der Waals surface area contributed by atoms with E-state index in [9.17, 15) is 0 Å². The van der Waals surface area contributed by atoms with Crippen molar-refractivity contribution >= 4 is 11.4 Å². The van der Waals surface area contributed by atoms with Crippen molar-refractivity contribution < 1.29 is 4.74 Å². The number of rotatable bonds is 0. The number of nitrogen functional groups attached to an aromatic ring is 1. The molecule has 3 N–H and O–H groups in total. The fourth-order valence-electron chi connectivity index (χ4n) is 1.71. The van der Waals surface area contributed by atoms with Gasteiger partial charge in [0.15, 0.2) is 0 Å². The maximum Gasteiger partial charge on any atom is 0.144 e. The Bertz CT molecular complexity index is 380. The lowest BCUT2D eigenvalue weighted by molar-refractivity contribution is 0.322. The van der Waals surface area contributed by atoms with E-state index in [1.165, 1.54) is 5.56 Å². The largest absolute Gasteiger partial charge is 0.489 e. The summed E-state index contributed by atoms with van der Waals surface area (Å²) in [5.41, 5.74) is 9.02. The third kappa shape index (κ3) is 1.87. The van der Waals surface area contributed by atoms with Gasteiger partial charge >= 0.3 is 0 Å². The normalized spacial score (nSPS) is 15.1. The quantitative estimate of drug-likeness (QED) is 0.641. The summed E-state index contributed by atoms with van der Waals surface area (Å²) in [6.45, 7) is 8.05. The average molecular weight is 206 g/mol.